The van der Waals surface area contributed by atoms with Crippen LogP contribution in [0.3, 0.4) is 0 Å². The average Bonchev–Trinajstić information content (AvgIpc) is 3.35. The van der Waals surface area contributed by atoms with Gasteiger partial charge < -0.3 is 0 Å². The number of ketones is 1. The summed E-state index contributed by atoms with van der Waals surface area (Å²) in [7, 11) is 0. The molecular formula is C22H26F2O. The Labute approximate surface area is 148 Å². The molecule has 0 bridgehead atoms. The smallest absolute Gasteiger partial charge is 0.242 e. The minimum Gasteiger partial charge on any atom is -0.299 e. The third-order valence-electron chi connectivity index (χ3n) is 8.05. The number of aryl methyl sites for hydroxylation is 1. The first-order chi connectivity index (χ1) is 12.0. The van der Waals surface area contributed by atoms with Gasteiger partial charge in [-0.15, -0.1) is 0 Å². The van der Waals surface area contributed by atoms with Crippen LogP contribution in [0.1, 0.15) is 74.0 Å². The maximum atomic E-state index is 12.9. The number of alkyl halides is 2. The zero-order valence-corrected chi connectivity index (χ0v) is 14.8. The molecule has 3 saturated carbocycles. The average molecular weight is 344 g/mol. The molecule has 0 amide bonds. The SMILES string of the molecule is C[C@]12CC[C@@H]3c4ccc([C@@H]5C[C@H]5C(F)F)cc4CC[C@H]3[C@@H]1CCC2=O. The highest BCUT2D eigenvalue weighted by Gasteiger charge is 2.54. The van der Waals surface area contributed by atoms with Crippen molar-refractivity contribution in [2.24, 2.45) is 23.2 Å². The van der Waals surface area contributed by atoms with Crippen LogP contribution in [0.5, 0.6) is 0 Å². The number of rotatable bonds is 2. The first-order valence-corrected chi connectivity index (χ1v) is 9.93. The van der Waals surface area contributed by atoms with Crippen LogP contribution in [-0.4, -0.2) is 12.2 Å². The van der Waals surface area contributed by atoms with E-state index in [1.54, 1.807) is 0 Å². The number of carbonyl (C=O) groups excluding carboxylic acids is 1. The van der Waals surface area contributed by atoms with Gasteiger partial charge in [-0.05, 0) is 78.9 Å². The van der Waals surface area contributed by atoms with Crippen molar-refractivity contribution in [3.63, 3.8) is 0 Å². The van der Waals surface area contributed by atoms with Crippen molar-refractivity contribution in [3.05, 3.63) is 34.9 Å². The van der Waals surface area contributed by atoms with Crippen LogP contribution < -0.4 is 0 Å². The summed E-state index contributed by atoms with van der Waals surface area (Å²) in [4.78, 5) is 12.4. The number of hydrogen-bond acceptors (Lipinski definition) is 1. The van der Waals surface area contributed by atoms with E-state index >= 15 is 0 Å². The molecule has 4 aliphatic carbocycles. The lowest BCUT2D eigenvalue weighted by molar-refractivity contribution is -0.129. The van der Waals surface area contributed by atoms with Crippen LogP contribution in [0.2, 0.25) is 0 Å². The van der Waals surface area contributed by atoms with E-state index in [1.165, 1.54) is 11.1 Å². The van der Waals surface area contributed by atoms with Crippen LogP contribution in [0.25, 0.3) is 0 Å². The van der Waals surface area contributed by atoms with Crippen LogP contribution in [0, 0.1) is 23.2 Å². The van der Waals surface area contributed by atoms with Crippen molar-refractivity contribution < 1.29 is 13.6 Å². The Bertz CT molecular complexity index is 727. The second-order valence-corrected chi connectivity index (χ2v) is 9.13. The number of hydrogen-bond donors (Lipinski definition) is 0. The molecule has 1 aromatic rings. The first kappa shape index (κ1) is 16.0. The van der Waals surface area contributed by atoms with Crippen LogP contribution >= 0.6 is 0 Å². The zero-order valence-electron chi connectivity index (χ0n) is 14.8. The number of carbonyl (C=O) groups is 1. The molecule has 3 heteroatoms. The maximum Gasteiger partial charge on any atom is 0.242 e. The van der Waals surface area contributed by atoms with Crippen molar-refractivity contribution in [1.82, 2.24) is 0 Å². The fourth-order valence-corrected chi connectivity index (χ4v) is 6.48. The summed E-state index contributed by atoms with van der Waals surface area (Å²) < 4.78 is 25.8. The summed E-state index contributed by atoms with van der Waals surface area (Å²) in [5.41, 5.74) is 3.90. The van der Waals surface area contributed by atoms with E-state index in [0.29, 0.717) is 30.0 Å². The highest BCUT2D eigenvalue weighted by Crippen LogP contribution is 2.60. The predicted molar refractivity (Wildman–Crippen MR) is 92.9 cm³/mol. The highest BCUT2D eigenvalue weighted by atomic mass is 19.3. The van der Waals surface area contributed by atoms with E-state index in [1.807, 2.05) is 0 Å². The van der Waals surface area contributed by atoms with E-state index in [0.717, 1.165) is 44.1 Å². The van der Waals surface area contributed by atoms with Crippen LogP contribution in [0.15, 0.2) is 18.2 Å². The van der Waals surface area contributed by atoms with Crippen molar-refractivity contribution in [1.29, 1.82) is 0 Å². The summed E-state index contributed by atoms with van der Waals surface area (Å²) in [6, 6.07) is 6.58. The van der Waals surface area contributed by atoms with Gasteiger partial charge in [0.25, 0.3) is 0 Å². The van der Waals surface area contributed by atoms with Crippen LogP contribution in [0.4, 0.5) is 8.78 Å². The molecule has 0 saturated heterocycles. The van der Waals surface area contributed by atoms with Crippen LogP contribution in [-0.2, 0) is 11.2 Å². The van der Waals surface area contributed by atoms with E-state index in [-0.39, 0.29) is 11.3 Å². The highest BCUT2D eigenvalue weighted by molar-refractivity contribution is 5.87. The molecule has 1 aromatic carbocycles. The van der Waals surface area contributed by atoms with E-state index in [4.69, 9.17) is 0 Å². The minimum absolute atomic E-state index is 0.0723. The van der Waals surface area contributed by atoms with Gasteiger partial charge in [0.15, 0.2) is 0 Å². The fourth-order valence-electron chi connectivity index (χ4n) is 6.48. The molecule has 4 aliphatic rings. The van der Waals surface area contributed by atoms with Gasteiger partial charge in [-0.2, -0.15) is 0 Å². The third kappa shape index (κ3) is 2.27. The largest absolute Gasteiger partial charge is 0.299 e. The van der Waals surface area contributed by atoms with Gasteiger partial charge in [0.2, 0.25) is 6.43 Å². The lowest BCUT2D eigenvalue weighted by atomic mass is 9.55. The number of halogens is 2. The molecule has 0 aliphatic heterocycles. The molecular weight excluding hydrogens is 318 g/mol. The third-order valence-corrected chi connectivity index (χ3v) is 8.05. The molecule has 0 aromatic heterocycles. The molecule has 0 heterocycles. The van der Waals surface area contributed by atoms with Gasteiger partial charge in [-0.25, -0.2) is 8.78 Å². The standard InChI is InChI=1S/C22H26F2O/c1-22-9-8-15-14-4-2-13(17-11-18(17)21(23)24)10-12(14)3-5-16(15)19(22)6-7-20(22)25/h2,4,10,15-19,21H,3,5-9,11H2,1H3/t15-,16-,17+,18-,19+,22+/m1/s1. The summed E-state index contributed by atoms with van der Waals surface area (Å²) in [5, 5.41) is 0. The predicted octanol–water partition coefficient (Wildman–Crippen LogP) is 5.48. The molecule has 1 nitrogen and oxygen atoms in total. The summed E-state index contributed by atoms with van der Waals surface area (Å²) in [5.74, 6) is 1.91. The van der Waals surface area contributed by atoms with Gasteiger partial charge in [-0.3, -0.25) is 4.79 Å². The van der Waals surface area contributed by atoms with Gasteiger partial charge in [0.05, 0.1) is 0 Å². The monoisotopic (exact) mass is 344 g/mol. The normalized spacial score (nSPS) is 42.1. The molecule has 0 N–H and O–H groups in total. The first-order valence-electron chi connectivity index (χ1n) is 9.93. The van der Waals surface area contributed by atoms with Crippen molar-refractivity contribution >= 4 is 5.78 Å². The van der Waals surface area contributed by atoms with Gasteiger partial charge in [0, 0.05) is 17.8 Å². The topological polar surface area (TPSA) is 17.1 Å². The lowest BCUT2D eigenvalue weighted by Gasteiger charge is -2.48. The Kier molecular flexibility index (Phi) is 3.43. The fraction of sp³-hybridized carbons (Fsp3) is 0.682. The van der Waals surface area contributed by atoms with Crippen molar-refractivity contribution in [2.75, 3.05) is 0 Å². The second-order valence-electron chi connectivity index (χ2n) is 9.13. The van der Waals surface area contributed by atoms with E-state index in [2.05, 4.69) is 25.1 Å². The maximum absolute atomic E-state index is 12.9. The molecule has 0 spiro atoms. The molecule has 134 valence electrons. The molecule has 0 unspecified atom stereocenters. The lowest BCUT2D eigenvalue weighted by Crippen LogP contribution is -2.42. The Morgan fingerprint density at radius 1 is 1.12 bits per heavy atom. The molecule has 5 rings (SSSR count). The summed E-state index contributed by atoms with van der Waals surface area (Å²) in [6.07, 6.45) is 4.66. The van der Waals surface area contributed by atoms with E-state index in [9.17, 15) is 13.6 Å². The number of benzene rings is 1. The Morgan fingerprint density at radius 2 is 1.96 bits per heavy atom. The summed E-state index contributed by atoms with van der Waals surface area (Å²) >= 11 is 0. The number of fused-ring (bicyclic) bond motifs is 5. The van der Waals surface area contributed by atoms with Gasteiger partial charge in [-0.1, -0.05) is 25.1 Å². The number of Topliss-reactive ketones (excluding diaryl/α,β-unsaturated/α-hetero) is 1. The second kappa shape index (κ2) is 5.37. The molecule has 0 radical (unpaired) electrons. The quantitative estimate of drug-likeness (QED) is 0.694. The van der Waals surface area contributed by atoms with Gasteiger partial charge in [0.1, 0.15) is 5.78 Å². The van der Waals surface area contributed by atoms with Gasteiger partial charge >= 0.3 is 0 Å². The Morgan fingerprint density at radius 3 is 2.72 bits per heavy atom. The molecule has 3 fully saturated rings. The van der Waals surface area contributed by atoms with Crippen molar-refractivity contribution in [2.45, 2.75) is 70.1 Å². The Hall–Kier alpha value is -1.25. The zero-order chi connectivity index (χ0) is 17.3. The molecule has 6 atom stereocenters. The van der Waals surface area contributed by atoms with Crippen molar-refractivity contribution in [3.8, 4) is 0 Å². The summed E-state index contributed by atoms with van der Waals surface area (Å²) in [6.45, 7) is 2.21. The van der Waals surface area contributed by atoms with E-state index < -0.39 is 12.3 Å². The molecule has 25 heavy (non-hydrogen) atoms. The minimum atomic E-state index is -2.18. The Balaban J connectivity index is 1.42.